The van der Waals surface area contributed by atoms with Gasteiger partial charge in [-0.15, -0.1) is 0 Å². The molecule has 0 fully saturated rings. The van der Waals surface area contributed by atoms with E-state index in [0.717, 1.165) is 11.1 Å². The van der Waals surface area contributed by atoms with Gasteiger partial charge in [0.25, 0.3) is 17.5 Å². The normalized spacial score (nSPS) is 11.9. The Morgan fingerprint density at radius 1 is 1.06 bits per heavy atom. The molecule has 35 heavy (non-hydrogen) atoms. The number of nitrogens with one attached hydrogen (secondary N) is 1. The summed E-state index contributed by atoms with van der Waals surface area (Å²) in [6, 6.07) is 18.2. The van der Waals surface area contributed by atoms with Gasteiger partial charge in [-0.1, -0.05) is 29.8 Å². The minimum Gasteiger partial charge on any atom is -0.364 e. The fourth-order valence-electron chi connectivity index (χ4n) is 4.26. The Hall–Kier alpha value is -4.50. The van der Waals surface area contributed by atoms with Gasteiger partial charge in [-0.05, 0) is 54.8 Å². The summed E-state index contributed by atoms with van der Waals surface area (Å²) in [5, 5.41) is 18.7. The average Bonchev–Trinajstić information content (AvgIpc) is 3.25. The molecule has 2 amide bonds. The van der Waals surface area contributed by atoms with Gasteiger partial charge in [0.05, 0.1) is 26.9 Å². The first-order valence-corrected chi connectivity index (χ1v) is 11.1. The number of anilines is 1. The van der Waals surface area contributed by atoms with Crippen molar-refractivity contribution >= 4 is 34.8 Å². The Bertz CT molecular complexity index is 1510. The molecule has 0 spiro atoms. The minimum atomic E-state index is -0.659. The van der Waals surface area contributed by atoms with Gasteiger partial charge in [0, 0.05) is 28.9 Å². The van der Waals surface area contributed by atoms with Crippen LogP contribution in [0.4, 0.5) is 11.4 Å². The standard InChI is InChI=1S/C25H18ClN5O4/c26-21-4-2-1-3-18(21)25(33)28-15-7-5-14-6-12-19-22(24(27)32)29-30(23(19)20(14)13-15)16-8-10-17(11-9-16)31(34)35/h1-5,7-11,13H,6,12H2,(H2,27,32)(H,28,33). The molecule has 3 aromatic carbocycles. The van der Waals surface area contributed by atoms with E-state index in [2.05, 4.69) is 10.4 Å². The van der Waals surface area contributed by atoms with Crippen LogP contribution in [0.15, 0.2) is 66.7 Å². The maximum absolute atomic E-state index is 12.8. The quantitative estimate of drug-likeness (QED) is 0.314. The van der Waals surface area contributed by atoms with Gasteiger partial charge < -0.3 is 11.1 Å². The summed E-state index contributed by atoms with van der Waals surface area (Å²) in [6.45, 7) is 0. The van der Waals surface area contributed by atoms with Gasteiger partial charge in [-0.25, -0.2) is 4.68 Å². The monoisotopic (exact) mass is 487 g/mol. The van der Waals surface area contributed by atoms with Crippen molar-refractivity contribution in [2.45, 2.75) is 12.8 Å². The second-order valence-electron chi connectivity index (χ2n) is 8.03. The van der Waals surface area contributed by atoms with Crippen LogP contribution in [0.25, 0.3) is 16.9 Å². The van der Waals surface area contributed by atoms with Crippen LogP contribution in [0, 0.1) is 10.1 Å². The van der Waals surface area contributed by atoms with Crippen molar-refractivity contribution in [3.63, 3.8) is 0 Å². The van der Waals surface area contributed by atoms with Gasteiger partial charge in [0.15, 0.2) is 5.69 Å². The van der Waals surface area contributed by atoms with E-state index < -0.39 is 10.8 Å². The third kappa shape index (κ3) is 4.02. The van der Waals surface area contributed by atoms with Crippen LogP contribution in [0.1, 0.15) is 32.0 Å². The molecule has 1 aliphatic carbocycles. The zero-order valence-corrected chi connectivity index (χ0v) is 19.0. The number of fused-ring (bicyclic) bond motifs is 3. The number of aryl methyl sites for hydroxylation is 1. The van der Waals surface area contributed by atoms with Crippen molar-refractivity contribution in [3.05, 3.63) is 104 Å². The van der Waals surface area contributed by atoms with Crippen molar-refractivity contribution in [2.24, 2.45) is 5.73 Å². The molecule has 0 radical (unpaired) electrons. The van der Waals surface area contributed by atoms with E-state index in [-0.39, 0.29) is 17.3 Å². The molecule has 0 bridgehead atoms. The van der Waals surface area contributed by atoms with Crippen molar-refractivity contribution in [2.75, 3.05) is 5.32 Å². The third-order valence-electron chi connectivity index (χ3n) is 5.91. The lowest BCUT2D eigenvalue weighted by atomic mass is 9.88. The van der Waals surface area contributed by atoms with Gasteiger partial charge in [0.2, 0.25) is 0 Å². The number of rotatable bonds is 5. The van der Waals surface area contributed by atoms with E-state index in [4.69, 9.17) is 17.3 Å². The van der Waals surface area contributed by atoms with Crippen LogP contribution in [-0.4, -0.2) is 26.5 Å². The van der Waals surface area contributed by atoms with Crippen molar-refractivity contribution in [1.29, 1.82) is 0 Å². The van der Waals surface area contributed by atoms with Crippen LogP contribution in [0.5, 0.6) is 0 Å². The molecule has 0 aliphatic heterocycles. The number of nitro benzene ring substituents is 1. The SMILES string of the molecule is NC(=O)c1nn(-c2ccc([N+](=O)[O-])cc2)c2c1CCc1ccc(NC(=O)c3ccccc3Cl)cc1-2. The number of primary amides is 1. The zero-order chi connectivity index (χ0) is 24.7. The first-order chi connectivity index (χ1) is 16.8. The average molecular weight is 488 g/mol. The summed E-state index contributed by atoms with van der Waals surface area (Å²) < 4.78 is 1.57. The molecule has 174 valence electrons. The molecule has 0 atom stereocenters. The van der Waals surface area contributed by atoms with E-state index in [1.165, 1.54) is 12.1 Å². The second-order valence-corrected chi connectivity index (χ2v) is 8.44. The number of nitrogens with two attached hydrogens (primary N) is 1. The molecule has 9 nitrogen and oxygen atoms in total. The zero-order valence-electron chi connectivity index (χ0n) is 18.2. The summed E-state index contributed by atoms with van der Waals surface area (Å²) in [6.07, 6.45) is 1.21. The smallest absolute Gasteiger partial charge is 0.269 e. The predicted octanol–water partition coefficient (Wildman–Crippen LogP) is 4.55. The lowest BCUT2D eigenvalue weighted by Gasteiger charge is -2.20. The highest BCUT2D eigenvalue weighted by Crippen LogP contribution is 2.38. The summed E-state index contributed by atoms with van der Waals surface area (Å²) in [7, 11) is 0. The minimum absolute atomic E-state index is 0.0603. The van der Waals surface area contributed by atoms with Crippen molar-refractivity contribution < 1.29 is 14.5 Å². The summed E-state index contributed by atoms with van der Waals surface area (Å²) >= 11 is 6.16. The third-order valence-corrected chi connectivity index (χ3v) is 6.24. The molecule has 10 heteroatoms. The van der Waals surface area contributed by atoms with E-state index >= 15 is 0 Å². The Kier molecular flexibility index (Phi) is 5.54. The number of non-ortho nitro benzene ring substituents is 1. The van der Waals surface area contributed by atoms with Crippen LogP contribution in [0.3, 0.4) is 0 Å². The van der Waals surface area contributed by atoms with E-state index in [1.54, 1.807) is 47.1 Å². The number of benzene rings is 3. The molecule has 1 heterocycles. The Balaban J connectivity index is 1.60. The molecule has 5 rings (SSSR count). The number of amides is 2. The Morgan fingerprint density at radius 2 is 1.80 bits per heavy atom. The molecule has 0 unspecified atom stereocenters. The number of nitro groups is 1. The maximum atomic E-state index is 12.8. The first kappa shape index (κ1) is 22.3. The van der Waals surface area contributed by atoms with E-state index in [1.807, 2.05) is 12.1 Å². The predicted molar refractivity (Wildman–Crippen MR) is 131 cm³/mol. The Morgan fingerprint density at radius 3 is 2.49 bits per heavy atom. The molecule has 4 aromatic rings. The van der Waals surface area contributed by atoms with Gasteiger partial charge in [-0.3, -0.25) is 19.7 Å². The van der Waals surface area contributed by atoms with Crippen LogP contribution < -0.4 is 11.1 Å². The largest absolute Gasteiger partial charge is 0.364 e. The number of hydrogen-bond donors (Lipinski definition) is 2. The second kappa shape index (κ2) is 8.69. The fraction of sp³-hybridized carbons (Fsp3) is 0.0800. The lowest BCUT2D eigenvalue weighted by Crippen LogP contribution is -2.15. The summed E-state index contributed by atoms with van der Waals surface area (Å²) in [5.41, 5.74) is 10.3. The topological polar surface area (TPSA) is 133 Å². The van der Waals surface area contributed by atoms with Crippen LogP contribution >= 0.6 is 11.6 Å². The van der Waals surface area contributed by atoms with Gasteiger partial charge in [0.1, 0.15) is 0 Å². The number of hydrogen-bond acceptors (Lipinski definition) is 5. The van der Waals surface area contributed by atoms with Crippen molar-refractivity contribution in [3.8, 4) is 16.9 Å². The molecule has 0 saturated carbocycles. The maximum Gasteiger partial charge on any atom is 0.269 e. The Labute approximate surface area is 204 Å². The number of carbonyl (C=O) groups excluding carboxylic acids is 2. The highest BCUT2D eigenvalue weighted by Gasteiger charge is 2.28. The van der Waals surface area contributed by atoms with Gasteiger partial charge >= 0.3 is 0 Å². The lowest BCUT2D eigenvalue weighted by molar-refractivity contribution is -0.384. The van der Waals surface area contributed by atoms with Crippen LogP contribution in [-0.2, 0) is 12.8 Å². The first-order valence-electron chi connectivity index (χ1n) is 10.7. The highest BCUT2D eigenvalue weighted by molar-refractivity contribution is 6.34. The van der Waals surface area contributed by atoms with Crippen molar-refractivity contribution in [1.82, 2.24) is 9.78 Å². The van der Waals surface area contributed by atoms with E-state index in [0.29, 0.717) is 46.1 Å². The number of nitrogens with zero attached hydrogens (tertiary/aromatic N) is 3. The highest BCUT2D eigenvalue weighted by atomic mass is 35.5. The molecular formula is C25H18ClN5O4. The molecule has 1 aromatic heterocycles. The number of aromatic nitrogens is 2. The molecule has 3 N–H and O–H groups in total. The molecular weight excluding hydrogens is 470 g/mol. The van der Waals surface area contributed by atoms with Gasteiger partial charge in [-0.2, -0.15) is 5.10 Å². The molecule has 0 saturated heterocycles. The van der Waals surface area contributed by atoms with E-state index in [9.17, 15) is 19.7 Å². The summed E-state index contributed by atoms with van der Waals surface area (Å²) in [4.78, 5) is 35.5. The van der Waals surface area contributed by atoms with Crippen LogP contribution in [0.2, 0.25) is 5.02 Å². The summed E-state index contributed by atoms with van der Waals surface area (Å²) in [5.74, 6) is -1.01. The molecule has 1 aliphatic rings. The fourth-order valence-corrected chi connectivity index (χ4v) is 4.48. The number of carbonyl (C=O) groups is 2. The number of halogens is 1.